The maximum atomic E-state index is 9.75. The first-order chi connectivity index (χ1) is 12.7. The molecule has 1 heterocycles. The summed E-state index contributed by atoms with van der Waals surface area (Å²) in [6, 6.07) is 10.4. The van der Waals surface area contributed by atoms with Crippen molar-refractivity contribution in [1.29, 1.82) is 0 Å². The number of hydrogen-bond donors (Lipinski definition) is 2. The minimum Gasteiger partial charge on any atom is -0.418 e. The van der Waals surface area contributed by atoms with Gasteiger partial charge in [-0.25, -0.2) is 9.13 Å². The molecule has 27 heavy (non-hydrogen) atoms. The number of unbranched alkanes of at least 4 members (excludes halogenated alkanes) is 1. The number of rotatable bonds is 9. The highest BCUT2D eigenvalue weighted by Gasteiger charge is 2.20. The van der Waals surface area contributed by atoms with Crippen LogP contribution >= 0.6 is 0 Å². The van der Waals surface area contributed by atoms with Gasteiger partial charge in [-0.1, -0.05) is 43.7 Å². The predicted octanol–water partition coefficient (Wildman–Crippen LogP) is 3.11. The van der Waals surface area contributed by atoms with Crippen molar-refractivity contribution < 1.29 is 26.9 Å². The van der Waals surface area contributed by atoms with E-state index in [0.717, 1.165) is 19.5 Å². The first-order valence-corrected chi connectivity index (χ1v) is 9.03. The third-order valence-electron chi connectivity index (χ3n) is 4.06. The molecule has 0 bridgehead atoms. The Labute approximate surface area is 157 Å². The number of imidazole rings is 1. The lowest BCUT2D eigenvalue weighted by molar-refractivity contribution is -0.679. The molecule has 0 aliphatic rings. The highest BCUT2D eigenvalue weighted by Crippen LogP contribution is 2.07. The van der Waals surface area contributed by atoms with E-state index in [0.29, 0.717) is 0 Å². The lowest BCUT2D eigenvalue weighted by Crippen LogP contribution is -2.40. The average molecular weight is 389 g/mol. The van der Waals surface area contributed by atoms with Crippen LogP contribution in [-0.4, -0.2) is 29.6 Å². The molecule has 2 aromatic rings. The molecule has 1 aromatic carbocycles. The molecule has 0 saturated heterocycles. The zero-order valence-corrected chi connectivity index (χ0v) is 15.8. The predicted molar refractivity (Wildman–Crippen MR) is 98.6 cm³/mol. The summed E-state index contributed by atoms with van der Waals surface area (Å²) in [6.45, 7) is 4.18. The molecule has 2 N–H and O–H groups in total. The van der Waals surface area contributed by atoms with Crippen LogP contribution in [0.5, 0.6) is 0 Å². The molecule has 1 aromatic heterocycles. The molecule has 2 rings (SSSR count). The first-order valence-electron chi connectivity index (χ1n) is 9.03. The van der Waals surface area contributed by atoms with E-state index in [1.165, 1.54) is 24.2 Å². The van der Waals surface area contributed by atoms with Gasteiger partial charge in [0.25, 0.3) is 5.82 Å². The van der Waals surface area contributed by atoms with E-state index >= 15 is 0 Å². The minimum absolute atomic E-state index is 0.0805. The smallest absolute Gasteiger partial charge is 0.418 e. The van der Waals surface area contributed by atoms with Crippen molar-refractivity contribution in [1.82, 2.24) is 9.88 Å². The van der Waals surface area contributed by atoms with Crippen molar-refractivity contribution in [3.05, 3.63) is 54.1 Å². The van der Waals surface area contributed by atoms with Gasteiger partial charge in [-0.05, 0) is 18.4 Å². The van der Waals surface area contributed by atoms with Crippen LogP contribution in [0, 0.1) is 0 Å². The van der Waals surface area contributed by atoms with Gasteiger partial charge in [-0.2, -0.15) is 0 Å². The van der Waals surface area contributed by atoms with Gasteiger partial charge in [0, 0.05) is 6.04 Å². The number of hydrogen-bond acceptors (Lipinski definition) is 2. The summed E-state index contributed by atoms with van der Waals surface area (Å²) in [6.07, 6.45) is 7.46. The van der Waals surface area contributed by atoms with Crippen molar-refractivity contribution >= 4 is 7.25 Å². The Morgan fingerprint density at radius 1 is 1.19 bits per heavy atom. The van der Waals surface area contributed by atoms with Crippen LogP contribution in [0.4, 0.5) is 17.3 Å². The number of nitrogens with zero attached hydrogens (tertiary/aromatic N) is 2. The summed E-state index contributed by atoms with van der Waals surface area (Å²) in [7, 11) is -3.93. The van der Waals surface area contributed by atoms with Gasteiger partial charge in [-0.3, -0.25) is 0 Å². The van der Waals surface area contributed by atoms with E-state index in [9.17, 15) is 22.4 Å². The molecular weight excluding hydrogens is 361 g/mol. The molecule has 4 nitrogen and oxygen atoms in total. The second-order valence-electron chi connectivity index (χ2n) is 6.32. The van der Waals surface area contributed by atoms with E-state index in [1.54, 1.807) is 0 Å². The molecule has 0 aliphatic heterocycles. The monoisotopic (exact) mass is 389 g/mol. The standard InChI is InChI=1S/C18H28N3O.BF4/c1-3-4-10-21-12-11-20(2)18(21)14-19-17(15-22)13-16-8-6-5-7-9-16;2-1(3,4)5/h5-9,11-12,17,19,22H,3-4,10,13-15H2,1-2H3;/q+1;-1/t17-;/m0./s1. The molecule has 0 spiro atoms. The van der Waals surface area contributed by atoms with Crippen LogP contribution in [0.15, 0.2) is 42.7 Å². The minimum atomic E-state index is -6.00. The Kier molecular flexibility index (Phi) is 10.1. The fourth-order valence-corrected chi connectivity index (χ4v) is 2.65. The SMILES string of the molecule is CCCCn1cc[n+](C)c1CN[C@H](CO)Cc1ccccc1.F[B-](F)(F)F. The fourth-order valence-electron chi connectivity index (χ4n) is 2.65. The van der Waals surface area contributed by atoms with Crippen molar-refractivity contribution in [2.75, 3.05) is 6.61 Å². The van der Waals surface area contributed by atoms with Gasteiger partial charge in [0.1, 0.15) is 12.4 Å². The van der Waals surface area contributed by atoms with Crippen molar-refractivity contribution in [2.24, 2.45) is 7.05 Å². The number of aryl methyl sites for hydroxylation is 2. The third-order valence-corrected chi connectivity index (χ3v) is 4.06. The number of benzene rings is 1. The molecule has 0 unspecified atom stereocenters. The molecule has 0 amide bonds. The molecule has 0 fully saturated rings. The molecule has 1 atom stereocenters. The van der Waals surface area contributed by atoms with Crippen LogP contribution in [-0.2, 0) is 26.6 Å². The summed E-state index contributed by atoms with van der Waals surface area (Å²) in [5.74, 6) is 1.25. The fraction of sp³-hybridized carbons (Fsp3) is 0.500. The normalized spacial score (nSPS) is 12.4. The molecule has 0 aliphatic carbocycles. The molecule has 152 valence electrons. The van der Waals surface area contributed by atoms with E-state index in [4.69, 9.17) is 0 Å². The number of aliphatic hydroxyl groups is 1. The van der Waals surface area contributed by atoms with Crippen LogP contribution in [0.3, 0.4) is 0 Å². The van der Waals surface area contributed by atoms with Gasteiger partial charge in [-0.15, -0.1) is 0 Å². The first kappa shape index (κ1) is 23.2. The summed E-state index contributed by atoms with van der Waals surface area (Å²) in [4.78, 5) is 0. The number of halogens is 4. The van der Waals surface area contributed by atoms with E-state index in [-0.39, 0.29) is 12.6 Å². The lowest BCUT2D eigenvalue weighted by Gasteiger charge is -2.15. The van der Waals surface area contributed by atoms with Crippen LogP contribution in [0.25, 0.3) is 0 Å². The van der Waals surface area contributed by atoms with Crippen molar-refractivity contribution in [2.45, 2.75) is 45.3 Å². The summed E-state index contributed by atoms with van der Waals surface area (Å²) >= 11 is 0. The Morgan fingerprint density at radius 2 is 1.81 bits per heavy atom. The summed E-state index contributed by atoms with van der Waals surface area (Å²) in [5, 5.41) is 13.1. The molecular formula is C18H28BF4N3O. The van der Waals surface area contributed by atoms with Gasteiger partial charge in [0.15, 0.2) is 0 Å². The summed E-state index contributed by atoms with van der Waals surface area (Å²) in [5.41, 5.74) is 1.25. The van der Waals surface area contributed by atoms with Crippen LogP contribution in [0.2, 0.25) is 0 Å². The van der Waals surface area contributed by atoms with Gasteiger partial charge < -0.3 is 27.7 Å². The maximum Gasteiger partial charge on any atom is 0.673 e. The molecule has 0 saturated carbocycles. The Balaban J connectivity index is 0.000000646. The summed E-state index contributed by atoms with van der Waals surface area (Å²) < 4.78 is 43.5. The third kappa shape index (κ3) is 10.1. The van der Waals surface area contributed by atoms with Gasteiger partial charge in [0.05, 0.1) is 26.7 Å². The Bertz CT molecular complexity index is 644. The molecule has 0 radical (unpaired) electrons. The molecule has 9 heteroatoms. The largest absolute Gasteiger partial charge is 0.673 e. The quantitative estimate of drug-likeness (QED) is 0.393. The van der Waals surface area contributed by atoms with E-state index in [2.05, 4.69) is 52.9 Å². The second kappa shape index (κ2) is 11.8. The van der Waals surface area contributed by atoms with Gasteiger partial charge >= 0.3 is 7.25 Å². The number of aromatic nitrogens is 2. The van der Waals surface area contributed by atoms with Crippen LogP contribution in [0.1, 0.15) is 31.2 Å². The van der Waals surface area contributed by atoms with Gasteiger partial charge in [0.2, 0.25) is 0 Å². The zero-order chi connectivity index (χ0) is 20.3. The lowest BCUT2D eigenvalue weighted by atomic mass is 10.1. The van der Waals surface area contributed by atoms with E-state index < -0.39 is 7.25 Å². The highest BCUT2D eigenvalue weighted by molar-refractivity contribution is 6.50. The zero-order valence-electron chi connectivity index (χ0n) is 15.8. The highest BCUT2D eigenvalue weighted by atomic mass is 19.5. The van der Waals surface area contributed by atoms with E-state index in [1.807, 2.05) is 18.2 Å². The topological polar surface area (TPSA) is 41.1 Å². The van der Waals surface area contributed by atoms with Crippen molar-refractivity contribution in [3.63, 3.8) is 0 Å². The number of aliphatic hydroxyl groups excluding tert-OH is 1. The average Bonchev–Trinajstić information content (AvgIpc) is 2.96. The maximum absolute atomic E-state index is 9.75. The second-order valence-corrected chi connectivity index (χ2v) is 6.32. The Morgan fingerprint density at radius 3 is 2.37 bits per heavy atom. The van der Waals surface area contributed by atoms with Crippen LogP contribution < -0.4 is 9.88 Å². The Hall–Kier alpha value is -1.87. The van der Waals surface area contributed by atoms with Crippen molar-refractivity contribution in [3.8, 4) is 0 Å². The number of nitrogens with one attached hydrogen (secondary N) is 1.